The summed E-state index contributed by atoms with van der Waals surface area (Å²) in [7, 11) is 1.81. The Labute approximate surface area is 165 Å². The van der Waals surface area contributed by atoms with Gasteiger partial charge in [-0.15, -0.1) is 0 Å². The molecule has 0 aliphatic carbocycles. The number of aromatic nitrogens is 2. The number of benzene rings is 1. The molecule has 2 aromatic heterocycles. The first-order valence-electron chi connectivity index (χ1n) is 9.37. The average Bonchev–Trinajstić information content (AvgIpc) is 3.02. The van der Waals surface area contributed by atoms with E-state index in [1.807, 2.05) is 56.4 Å². The van der Waals surface area contributed by atoms with Gasteiger partial charge in [-0.05, 0) is 42.7 Å². The van der Waals surface area contributed by atoms with Crippen LogP contribution in [0.5, 0.6) is 0 Å². The summed E-state index contributed by atoms with van der Waals surface area (Å²) in [5.74, 6) is 0.688. The van der Waals surface area contributed by atoms with Gasteiger partial charge in [0.05, 0.1) is 12.1 Å². The number of carbonyl (C=O) groups is 2. The maximum absolute atomic E-state index is 12.7. The van der Waals surface area contributed by atoms with Crippen molar-refractivity contribution in [1.82, 2.24) is 9.55 Å². The lowest BCUT2D eigenvalue weighted by Crippen LogP contribution is -2.18. The molecule has 5 nitrogen and oxygen atoms in total. The SMILES string of the molecule is Cc1ccc(C(=O)c2ccc(CC(=O)Nc3cc(C(C)C)ccn3)n2C)cc1. The van der Waals surface area contributed by atoms with Crippen molar-refractivity contribution in [2.24, 2.45) is 7.05 Å². The Morgan fingerprint density at radius 2 is 1.79 bits per heavy atom. The number of aryl methyl sites for hydroxylation is 1. The number of pyridine rings is 1. The van der Waals surface area contributed by atoms with Crippen molar-refractivity contribution in [1.29, 1.82) is 0 Å². The number of carbonyl (C=O) groups excluding carboxylic acids is 2. The normalized spacial score (nSPS) is 10.9. The van der Waals surface area contributed by atoms with E-state index in [0.29, 0.717) is 23.0 Å². The number of ketones is 1. The number of nitrogens with zero attached hydrogens (tertiary/aromatic N) is 2. The van der Waals surface area contributed by atoms with E-state index in [4.69, 9.17) is 0 Å². The third-order valence-corrected chi connectivity index (χ3v) is 4.83. The Morgan fingerprint density at radius 3 is 2.46 bits per heavy atom. The lowest BCUT2D eigenvalue weighted by molar-refractivity contribution is -0.115. The van der Waals surface area contributed by atoms with Crippen molar-refractivity contribution in [2.75, 3.05) is 5.32 Å². The molecular weight excluding hydrogens is 350 g/mol. The fraction of sp³-hybridized carbons (Fsp3) is 0.261. The summed E-state index contributed by atoms with van der Waals surface area (Å²) in [5.41, 5.74) is 4.20. The molecule has 3 rings (SSSR count). The van der Waals surface area contributed by atoms with Crippen LogP contribution >= 0.6 is 0 Å². The van der Waals surface area contributed by atoms with E-state index in [1.54, 1.807) is 16.8 Å². The van der Waals surface area contributed by atoms with Gasteiger partial charge in [-0.3, -0.25) is 9.59 Å². The Morgan fingerprint density at radius 1 is 1.07 bits per heavy atom. The van der Waals surface area contributed by atoms with E-state index in [2.05, 4.69) is 24.1 Å². The maximum atomic E-state index is 12.7. The molecule has 0 saturated heterocycles. The smallest absolute Gasteiger partial charge is 0.231 e. The molecule has 3 aromatic rings. The zero-order chi connectivity index (χ0) is 20.3. The predicted octanol–water partition coefficient (Wildman–Crippen LogP) is 4.26. The highest BCUT2D eigenvalue weighted by Crippen LogP contribution is 2.18. The molecule has 0 spiro atoms. The largest absolute Gasteiger partial charge is 0.344 e. The fourth-order valence-electron chi connectivity index (χ4n) is 3.04. The van der Waals surface area contributed by atoms with Gasteiger partial charge in [0.1, 0.15) is 5.82 Å². The van der Waals surface area contributed by atoms with Crippen LogP contribution in [0.1, 0.15) is 52.6 Å². The Hall–Kier alpha value is -3.21. The van der Waals surface area contributed by atoms with Gasteiger partial charge in [-0.1, -0.05) is 43.7 Å². The number of rotatable bonds is 6. The van der Waals surface area contributed by atoms with Crippen molar-refractivity contribution in [2.45, 2.75) is 33.1 Å². The van der Waals surface area contributed by atoms with Gasteiger partial charge >= 0.3 is 0 Å². The fourth-order valence-corrected chi connectivity index (χ4v) is 3.04. The van der Waals surface area contributed by atoms with Crippen LogP contribution < -0.4 is 5.32 Å². The van der Waals surface area contributed by atoms with Crippen LogP contribution in [0.25, 0.3) is 0 Å². The van der Waals surface area contributed by atoms with Gasteiger partial charge in [0.25, 0.3) is 0 Å². The van der Waals surface area contributed by atoms with Gasteiger partial charge in [-0.2, -0.15) is 0 Å². The molecule has 28 heavy (non-hydrogen) atoms. The molecule has 0 bridgehead atoms. The zero-order valence-corrected chi connectivity index (χ0v) is 16.7. The van der Waals surface area contributed by atoms with Crippen molar-refractivity contribution in [3.63, 3.8) is 0 Å². The van der Waals surface area contributed by atoms with Crippen LogP contribution in [-0.4, -0.2) is 21.2 Å². The summed E-state index contributed by atoms with van der Waals surface area (Å²) in [6.45, 7) is 6.17. The number of hydrogen-bond donors (Lipinski definition) is 1. The standard InChI is InChI=1S/C23H25N3O2/c1-15(2)18-11-12-24-21(13-18)25-22(27)14-19-9-10-20(26(19)4)23(28)17-7-5-16(3)6-8-17/h5-13,15H,14H2,1-4H3,(H,24,25,27). The molecule has 144 valence electrons. The molecule has 0 fully saturated rings. The highest BCUT2D eigenvalue weighted by Gasteiger charge is 2.16. The number of hydrogen-bond acceptors (Lipinski definition) is 3. The van der Waals surface area contributed by atoms with E-state index in [-0.39, 0.29) is 18.1 Å². The Kier molecular flexibility index (Phi) is 5.73. The summed E-state index contributed by atoms with van der Waals surface area (Å²) in [5, 5.41) is 2.84. The third-order valence-electron chi connectivity index (χ3n) is 4.83. The summed E-state index contributed by atoms with van der Waals surface area (Å²) in [6.07, 6.45) is 1.87. The van der Waals surface area contributed by atoms with Crippen molar-refractivity contribution in [3.8, 4) is 0 Å². The quantitative estimate of drug-likeness (QED) is 0.655. The summed E-state index contributed by atoms with van der Waals surface area (Å²) in [6, 6.07) is 14.9. The van der Waals surface area contributed by atoms with Crippen LogP contribution in [0, 0.1) is 6.92 Å². The summed E-state index contributed by atoms with van der Waals surface area (Å²) < 4.78 is 1.78. The van der Waals surface area contributed by atoms with Gasteiger partial charge in [-0.25, -0.2) is 4.98 Å². The second-order valence-corrected chi connectivity index (χ2v) is 7.32. The van der Waals surface area contributed by atoms with Gasteiger partial charge in [0.2, 0.25) is 11.7 Å². The van der Waals surface area contributed by atoms with Crippen LogP contribution in [0.4, 0.5) is 5.82 Å². The second-order valence-electron chi connectivity index (χ2n) is 7.32. The summed E-state index contributed by atoms with van der Waals surface area (Å²) >= 11 is 0. The molecule has 1 N–H and O–H groups in total. The third kappa shape index (κ3) is 4.36. The van der Waals surface area contributed by atoms with Crippen molar-refractivity contribution < 1.29 is 9.59 Å². The predicted molar refractivity (Wildman–Crippen MR) is 111 cm³/mol. The second kappa shape index (κ2) is 8.21. The lowest BCUT2D eigenvalue weighted by atomic mass is 10.1. The topological polar surface area (TPSA) is 64.0 Å². The molecule has 1 aromatic carbocycles. The molecule has 0 atom stereocenters. The van der Waals surface area contributed by atoms with Crippen LogP contribution in [0.2, 0.25) is 0 Å². The highest BCUT2D eigenvalue weighted by molar-refractivity contribution is 6.08. The Bertz CT molecular complexity index is 1000. The average molecular weight is 375 g/mol. The molecule has 1 amide bonds. The van der Waals surface area contributed by atoms with Crippen molar-refractivity contribution >= 4 is 17.5 Å². The molecule has 0 unspecified atom stereocenters. The van der Waals surface area contributed by atoms with Crippen LogP contribution in [-0.2, 0) is 18.3 Å². The monoisotopic (exact) mass is 375 g/mol. The zero-order valence-electron chi connectivity index (χ0n) is 16.7. The highest BCUT2D eigenvalue weighted by atomic mass is 16.1. The molecule has 0 radical (unpaired) electrons. The number of amides is 1. The van der Waals surface area contributed by atoms with E-state index >= 15 is 0 Å². The van der Waals surface area contributed by atoms with Crippen molar-refractivity contribution in [3.05, 3.63) is 82.8 Å². The van der Waals surface area contributed by atoms with E-state index in [1.165, 1.54) is 0 Å². The minimum absolute atomic E-state index is 0.0551. The number of nitrogens with one attached hydrogen (secondary N) is 1. The van der Waals surface area contributed by atoms with E-state index < -0.39 is 0 Å². The van der Waals surface area contributed by atoms with Gasteiger partial charge in [0, 0.05) is 24.5 Å². The van der Waals surface area contributed by atoms with Gasteiger partial charge in [0.15, 0.2) is 0 Å². The van der Waals surface area contributed by atoms with E-state index in [9.17, 15) is 9.59 Å². The van der Waals surface area contributed by atoms with Crippen LogP contribution in [0.3, 0.4) is 0 Å². The first-order chi connectivity index (χ1) is 13.3. The molecule has 0 saturated carbocycles. The number of anilines is 1. The molecule has 0 aliphatic rings. The van der Waals surface area contributed by atoms with Crippen LogP contribution in [0.15, 0.2) is 54.7 Å². The Balaban J connectivity index is 1.71. The summed E-state index contributed by atoms with van der Waals surface area (Å²) in [4.78, 5) is 29.4. The van der Waals surface area contributed by atoms with E-state index in [0.717, 1.165) is 16.8 Å². The maximum Gasteiger partial charge on any atom is 0.231 e. The minimum atomic E-state index is -0.163. The molecule has 0 aliphatic heterocycles. The van der Waals surface area contributed by atoms with Gasteiger partial charge < -0.3 is 9.88 Å². The molecule has 5 heteroatoms. The minimum Gasteiger partial charge on any atom is -0.344 e. The lowest BCUT2D eigenvalue weighted by Gasteiger charge is -2.10. The first kappa shape index (κ1) is 19.5. The molecule has 2 heterocycles. The molecular formula is C23H25N3O2. The first-order valence-corrected chi connectivity index (χ1v) is 9.37.